The number of ketones is 1. The first kappa shape index (κ1) is 9.65. The van der Waals surface area contributed by atoms with Gasteiger partial charge in [0.1, 0.15) is 5.78 Å². The molecule has 1 aliphatic heterocycles. The standard InChI is InChI=1S/C9H13OP.C2H6/c10-7-5-8(1-2-8)11-9(6-7)3-4-9;1-2/h11H,1-6H2;1-2H3. The number of carbonyl (C=O) groups is 1. The third-order valence-corrected chi connectivity index (χ3v) is 5.72. The minimum atomic E-state index is 0.568. The van der Waals surface area contributed by atoms with Crippen LogP contribution >= 0.6 is 8.58 Å². The van der Waals surface area contributed by atoms with Gasteiger partial charge in [-0.1, -0.05) is 13.8 Å². The van der Waals surface area contributed by atoms with Crippen LogP contribution in [0.25, 0.3) is 0 Å². The highest BCUT2D eigenvalue weighted by molar-refractivity contribution is 7.43. The predicted molar refractivity (Wildman–Crippen MR) is 57.8 cm³/mol. The van der Waals surface area contributed by atoms with Gasteiger partial charge in [-0.3, -0.25) is 4.79 Å². The minimum Gasteiger partial charge on any atom is -0.300 e. The molecule has 0 atom stereocenters. The van der Waals surface area contributed by atoms with Crippen molar-refractivity contribution in [2.75, 3.05) is 0 Å². The molecule has 0 N–H and O–H groups in total. The average Bonchev–Trinajstić information content (AvgIpc) is 2.98. The summed E-state index contributed by atoms with van der Waals surface area (Å²) in [5.74, 6) is 0.568. The molecule has 2 spiro atoms. The summed E-state index contributed by atoms with van der Waals surface area (Å²) in [6, 6.07) is 0. The quantitative estimate of drug-likeness (QED) is 0.546. The molecule has 0 aromatic carbocycles. The number of hydrogen-bond acceptors (Lipinski definition) is 1. The summed E-state index contributed by atoms with van der Waals surface area (Å²) < 4.78 is 0. The van der Waals surface area contributed by atoms with E-state index >= 15 is 0 Å². The summed E-state index contributed by atoms with van der Waals surface area (Å²) >= 11 is 0. The Morgan fingerprint density at radius 1 is 1.00 bits per heavy atom. The highest BCUT2D eigenvalue weighted by atomic mass is 31.1. The van der Waals surface area contributed by atoms with Gasteiger partial charge in [0.25, 0.3) is 0 Å². The Hall–Kier alpha value is 0.100. The molecule has 1 nitrogen and oxygen atoms in total. The molecular formula is C11H19OP. The smallest absolute Gasteiger partial charge is 0.134 e. The summed E-state index contributed by atoms with van der Waals surface area (Å²) in [6.45, 7) is 4.00. The number of hydrogen-bond donors (Lipinski definition) is 0. The zero-order valence-corrected chi connectivity index (χ0v) is 9.65. The second-order valence-electron chi connectivity index (χ2n) is 4.58. The molecule has 3 fully saturated rings. The highest BCUT2D eigenvalue weighted by Gasteiger charge is 2.58. The second-order valence-corrected chi connectivity index (χ2v) is 6.95. The topological polar surface area (TPSA) is 17.1 Å². The first-order chi connectivity index (χ1) is 6.22. The van der Waals surface area contributed by atoms with E-state index in [0.29, 0.717) is 16.1 Å². The molecule has 1 saturated heterocycles. The largest absolute Gasteiger partial charge is 0.300 e. The molecule has 13 heavy (non-hydrogen) atoms. The molecule has 2 saturated carbocycles. The lowest BCUT2D eigenvalue weighted by Gasteiger charge is -2.28. The molecule has 0 radical (unpaired) electrons. The van der Waals surface area contributed by atoms with Crippen molar-refractivity contribution in [3.8, 4) is 0 Å². The Labute approximate surface area is 82.5 Å². The molecule has 1 heterocycles. The van der Waals surface area contributed by atoms with Crippen molar-refractivity contribution in [3.05, 3.63) is 0 Å². The van der Waals surface area contributed by atoms with Crippen LogP contribution in [-0.2, 0) is 4.79 Å². The van der Waals surface area contributed by atoms with Crippen LogP contribution in [0.4, 0.5) is 0 Å². The highest BCUT2D eigenvalue weighted by Crippen LogP contribution is 2.71. The van der Waals surface area contributed by atoms with Crippen LogP contribution in [-0.4, -0.2) is 16.1 Å². The fourth-order valence-corrected chi connectivity index (χ4v) is 4.82. The van der Waals surface area contributed by atoms with Gasteiger partial charge < -0.3 is 0 Å². The molecule has 0 unspecified atom stereocenters. The van der Waals surface area contributed by atoms with E-state index in [-0.39, 0.29) is 0 Å². The lowest BCUT2D eigenvalue weighted by atomic mass is 10.1. The van der Waals surface area contributed by atoms with Crippen LogP contribution in [0.1, 0.15) is 52.4 Å². The minimum absolute atomic E-state index is 0.568. The maximum atomic E-state index is 11.4. The van der Waals surface area contributed by atoms with Crippen LogP contribution in [0.3, 0.4) is 0 Å². The fourth-order valence-electron chi connectivity index (χ4n) is 2.37. The monoisotopic (exact) mass is 198 g/mol. The van der Waals surface area contributed by atoms with Gasteiger partial charge in [0.05, 0.1) is 0 Å². The van der Waals surface area contributed by atoms with Crippen molar-refractivity contribution in [2.24, 2.45) is 0 Å². The Kier molecular flexibility index (Phi) is 2.27. The Morgan fingerprint density at radius 2 is 1.38 bits per heavy atom. The lowest BCUT2D eigenvalue weighted by Crippen LogP contribution is -2.25. The molecule has 0 aromatic heterocycles. The first-order valence-corrected chi connectivity index (χ1v) is 6.53. The van der Waals surface area contributed by atoms with Gasteiger partial charge in [-0.15, -0.1) is 8.58 Å². The first-order valence-electron chi connectivity index (χ1n) is 5.53. The van der Waals surface area contributed by atoms with E-state index in [4.69, 9.17) is 0 Å². The zero-order chi connectivity index (χ0) is 9.53. The number of Topliss-reactive ketones (excluding diaryl/α,β-unsaturated/α-hetero) is 1. The maximum Gasteiger partial charge on any atom is 0.134 e. The number of carbonyl (C=O) groups excluding carboxylic acids is 1. The third-order valence-electron chi connectivity index (χ3n) is 3.31. The van der Waals surface area contributed by atoms with E-state index in [2.05, 4.69) is 0 Å². The van der Waals surface area contributed by atoms with E-state index in [1.165, 1.54) is 25.7 Å². The average molecular weight is 198 g/mol. The molecule has 0 amide bonds. The molecule has 0 aromatic rings. The van der Waals surface area contributed by atoms with Crippen LogP contribution in [0.15, 0.2) is 0 Å². The molecule has 2 aliphatic carbocycles. The van der Waals surface area contributed by atoms with Gasteiger partial charge in [-0.2, -0.15) is 0 Å². The summed E-state index contributed by atoms with van der Waals surface area (Å²) in [5, 5.41) is 1.15. The van der Waals surface area contributed by atoms with E-state index < -0.39 is 0 Å². The predicted octanol–water partition coefficient (Wildman–Crippen LogP) is 3.12. The summed E-state index contributed by atoms with van der Waals surface area (Å²) in [6.07, 6.45) is 7.32. The lowest BCUT2D eigenvalue weighted by molar-refractivity contribution is -0.119. The Bertz CT molecular complexity index is 204. The molecule has 2 heteroatoms. The summed E-state index contributed by atoms with van der Waals surface area (Å²) in [7, 11) is 1.14. The maximum absolute atomic E-state index is 11.4. The van der Waals surface area contributed by atoms with Crippen molar-refractivity contribution in [2.45, 2.75) is 62.7 Å². The van der Waals surface area contributed by atoms with Gasteiger partial charge >= 0.3 is 0 Å². The fraction of sp³-hybridized carbons (Fsp3) is 0.909. The van der Waals surface area contributed by atoms with Crippen LogP contribution < -0.4 is 0 Å². The van der Waals surface area contributed by atoms with E-state index in [1.54, 1.807) is 0 Å². The van der Waals surface area contributed by atoms with Crippen molar-refractivity contribution in [1.82, 2.24) is 0 Å². The normalized spacial score (nSPS) is 31.1. The van der Waals surface area contributed by atoms with Crippen molar-refractivity contribution < 1.29 is 4.79 Å². The van der Waals surface area contributed by atoms with E-state index in [1.807, 2.05) is 13.8 Å². The summed E-state index contributed by atoms with van der Waals surface area (Å²) in [4.78, 5) is 11.4. The number of rotatable bonds is 0. The SMILES string of the molecule is CC.O=C1CC2(CC2)PC2(CC2)C1. The van der Waals surface area contributed by atoms with Crippen molar-refractivity contribution in [3.63, 3.8) is 0 Å². The second kappa shape index (κ2) is 3.05. The van der Waals surface area contributed by atoms with Crippen LogP contribution in [0, 0.1) is 0 Å². The third kappa shape index (κ3) is 1.81. The van der Waals surface area contributed by atoms with E-state index in [0.717, 1.165) is 21.4 Å². The molecular weight excluding hydrogens is 179 g/mol. The van der Waals surface area contributed by atoms with Crippen molar-refractivity contribution in [1.29, 1.82) is 0 Å². The molecule has 0 bridgehead atoms. The Balaban J connectivity index is 0.000000308. The molecule has 3 aliphatic rings. The zero-order valence-electron chi connectivity index (χ0n) is 8.65. The Morgan fingerprint density at radius 3 is 1.69 bits per heavy atom. The van der Waals surface area contributed by atoms with Crippen LogP contribution in [0.2, 0.25) is 0 Å². The van der Waals surface area contributed by atoms with Gasteiger partial charge in [0.2, 0.25) is 0 Å². The molecule has 3 rings (SSSR count). The van der Waals surface area contributed by atoms with E-state index in [9.17, 15) is 4.79 Å². The van der Waals surface area contributed by atoms with Gasteiger partial charge in [0.15, 0.2) is 0 Å². The van der Waals surface area contributed by atoms with Gasteiger partial charge in [-0.05, 0) is 36.0 Å². The molecule has 74 valence electrons. The van der Waals surface area contributed by atoms with Crippen molar-refractivity contribution >= 4 is 14.4 Å². The van der Waals surface area contributed by atoms with Gasteiger partial charge in [0, 0.05) is 12.8 Å². The van der Waals surface area contributed by atoms with Gasteiger partial charge in [-0.25, -0.2) is 0 Å². The summed E-state index contributed by atoms with van der Waals surface area (Å²) in [5.41, 5.74) is 0. The van der Waals surface area contributed by atoms with Crippen LogP contribution in [0.5, 0.6) is 0 Å².